The van der Waals surface area contributed by atoms with Crippen molar-refractivity contribution in [2.45, 2.75) is 5.60 Å². The van der Waals surface area contributed by atoms with Crippen molar-refractivity contribution in [1.82, 2.24) is 4.98 Å². The highest BCUT2D eigenvalue weighted by Crippen LogP contribution is 2.37. The molecule has 1 aromatic rings. The van der Waals surface area contributed by atoms with Crippen LogP contribution in [0.2, 0.25) is 0 Å². The fourth-order valence-electron chi connectivity index (χ4n) is 1.09. The van der Waals surface area contributed by atoms with Crippen LogP contribution in [-0.2, 0) is 5.60 Å². The maximum absolute atomic E-state index is 9.87. The third-order valence-electron chi connectivity index (χ3n) is 1.89. The molecule has 1 aliphatic heterocycles. The Labute approximate surface area is 83.5 Å². The lowest BCUT2D eigenvalue weighted by molar-refractivity contribution is 0.0721. The average molecular weight is 246 g/mol. The number of rotatable bonds is 1. The first kappa shape index (κ1) is 8.53. The van der Waals surface area contributed by atoms with Gasteiger partial charge in [-0.25, -0.2) is 0 Å². The van der Waals surface area contributed by atoms with E-state index in [4.69, 9.17) is 0 Å². The maximum atomic E-state index is 9.87. The first-order chi connectivity index (χ1) is 5.71. The molecule has 4 heteroatoms. The number of thioether (sulfide) groups is 1. The summed E-state index contributed by atoms with van der Waals surface area (Å²) < 4.78 is 0.946. The van der Waals surface area contributed by atoms with Crippen LogP contribution < -0.4 is 0 Å². The van der Waals surface area contributed by atoms with E-state index in [9.17, 15) is 5.11 Å². The SMILES string of the molecule is OC1(c2ccc(Br)cn2)CSC1. The van der Waals surface area contributed by atoms with E-state index in [0.29, 0.717) is 0 Å². The predicted molar refractivity (Wildman–Crippen MR) is 53.2 cm³/mol. The van der Waals surface area contributed by atoms with E-state index in [0.717, 1.165) is 21.7 Å². The second-order valence-electron chi connectivity index (χ2n) is 2.89. The molecule has 2 heterocycles. The summed E-state index contributed by atoms with van der Waals surface area (Å²) in [5.41, 5.74) is 0.121. The molecule has 0 amide bonds. The lowest BCUT2D eigenvalue weighted by Gasteiger charge is -2.35. The average Bonchev–Trinajstić information content (AvgIpc) is 2.02. The van der Waals surface area contributed by atoms with Crippen molar-refractivity contribution in [3.63, 3.8) is 0 Å². The standard InChI is InChI=1S/C8H8BrNOS/c9-6-1-2-7(10-3-6)8(11)4-12-5-8/h1-3,11H,4-5H2. The fourth-order valence-corrected chi connectivity index (χ4v) is 2.22. The summed E-state index contributed by atoms with van der Waals surface area (Å²) in [6.45, 7) is 0. The molecule has 0 spiro atoms. The van der Waals surface area contributed by atoms with Gasteiger partial charge < -0.3 is 5.11 Å². The molecule has 1 aliphatic rings. The summed E-state index contributed by atoms with van der Waals surface area (Å²) in [5, 5.41) is 9.87. The lowest BCUT2D eigenvalue weighted by atomic mass is 10.0. The Bertz CT molecular complexity index is 284. The Morgan fingerprint density at radius 2 is 2.25 bits per heavy atom. The molecule has 1 fully saturated rings. The van der Waals surface area contributed by atoms with E-state index in [1.807, 2.05) is 12.1 Å². The van der Waals surface area contributed by atoms with E-state index in [1.165, 1.54) is 0 Å². The minimum absolute atomic E-state index is 0.661. The van der Waals surface area contributed by atoms with Gasteiger partial charge in [-0.1, -0.05) is 0 Å². The van der Waals surface area contributed by atoms with Crippen molar-refractivity contribution in [3.05, 3.63) is 28.5 Å². The van der Waals surface area contributed by atoms with Crippen LogP contribution in [-0.4, -0.2) is 21.6 Å². The highest BCUT2D eigenvalue weighted by Gasteiger charge is 2.38. The smallest absolute Gasteiger partial charge is 0.124 e. The molecular formula is C8H8BrNOS. The summed E-state index contributed by atoms with van der Waals surface area (Å²) in [6.07, 6.45) is 1.72. The molecular weight excluding hydrogens is 238 g/mol. The van der Waals surface area contributed by atoms with Gasteiger partial charge in [0.15, 0.2) is 0 Å². The minimum Gasteiger partial charge on any atom is -0.382 e. The number of nitrogens with zero attached hydrogens (tertiary/aromatic N) is 1. The zero-order chi connectivity index (χ0) is 8.60. The Morgan fingerprint density at radius 1 is 1.50 bits per heavy atom. The monoisotopic (exact) mass is 245 g/mol. The molecule has 64 valence electrons. The zero-order valence-electron chi connectivity index (χ0n) is 6.33. The predicted octanol–water partition coefficient (Wildman–Crippen LogP) is 1.78. The van der Waals surface area contributed by atoms with E-state index in [2.05, 4.69) is 20.9 Å². The summed E-state index contributed by atoms with van der Waals surface area (Å²) in [7, 11) is 0. The number of halogens is 1. The lowest BCUT2D eigenvalue weighted by Crippen LogP contribution is -2.40. The summed E-state index contributed by atoms with van der Waals surface area (Å²) >= 11 is 5.04. The van der Waals surface area contributed by atoms with E-state index in [1.54, 1.807) is 18.0 Å². The summed E-state index contributed by atoms with van der Waals surface area (Å²) in [5.74, 6) is 1.53. The summed E-state index contributed by atoms with van der Waals surface area (Å²) in [6, 6.07) is 3.77. The van der Waals surface area contributed by atoms with Gasteiger partial charge in [-0.05, 0) is 28.1 Å². The molecule has 1 N–H and O–H groups in total. The zero-order valence-corrected chi connectivity index (χ0v) is 8.73. The normalized spacial score (nSPS) is 20.2. The van der Waals surface area contributed by atoms with Gasteiger partial charge in [-0.15, -0.1) is 0 Å². The van der Waals surface area contributed by atoms with Crippen LogP contribution in [0.4, 0.5) is 0 Å². The molecule has 2 rings (SSSR count). The molecule has 2 nitrogen and oxygen atoms in total. The van der Waals surface area contributed by atoms with Crippen LogP contribution in [0.3, 0.4) is 0 Å². The maximum Gasteiger partial charge on any atom is 0.124 e. The first-order valence-corrected chi connectivity index (χ1v) is 5.58. The van der Waals surface area contributed by atoms with Crippen LogP contribution in [0.15, 0.2) is 22.8 Å². The van der Waals surface area contributed by atoms with Gasteiger partial charge in [0.25, 0.3) is 0 Å². The van der Waals surface area contributed by atoms with Gasteiger partial charge in [0.1, 0.15) is 5.60 Å². The van der Waals surface area contributed by atoms with Crippen molar-refractivity contribution in [3.8, 4) is 0 Å². The van der Waals surface area contributed by atoms with Gasteiger partial charge in [0.2, 0.25) is 0 Å². The van der Waals surface area contributed by atoms with Crippen LogP contribution in [0.25, 0.3) is 0 Å². The van der Waals surface area contributed by atoms with Crippen LogP contribution >= 0.6 is 27.7 Å². The molecule has 0 unspecified atom stereocenters. The van der Waals surface area contributed by atoms with E-state index in [-0.39, 0.29) is 0 Å². The molecule has 1 aromatic heterocycles. The van der Waals surface area contributed by atoms with Crippen LogP contribution in [0.5, 0.6) is 0 Å². The quantitative estimate of drug-likeness (QED) is 0.819. The van der Waals surface area contributed by atoms with Crippen molar-refractivity contribution >= 4 is 27.7 Å². The molecule has 12 heavy (non-hydrogen) atoms. The van der Waals surface area contributed by atoms with Crippen LogP contribution in [0, 0.1) is 0 Å². The second kappa shape index (κ2) is 3.01. The number of hydrogen-bond acceptors (Lipinski definition) is 3. The number of hydrogen-bond donors (Lipinski definition) is 1. The highest BCUT2D eigenvalue weighted by molar-refractivity contribution is 9.10. The largest absolute Gasteiger partial charge is 0.382 e. The molecule has 0 bridgehead atoms. The summed E-state index contributed by atoms with van der Waals surface area (Å²) in [4.78, 5) is 4.16. The molecule has 0 saturated carbocycles. The Morgan fingerprint density at radius 3 is 2.67 bits per heavy atom. The van der Waals surface area contributed by atoms with Gasteiger partial charge in [-0.3, -0.25) is 4.98 Å². The van der Waals surface area contributed by atoms with Gasteiger partial charge in [0, 0.05) is 22.2 Å². The van der Waals surface area contributed by atoms with Crippen molar-refractivity contribution in [2.75, 3.05) is 11.5 Å². The van der Waals surface area contributed by atoms with Crippen molar-refractivity contribution < 1.29 is 5.11 Å². The third-order valence-corrected chi connectivity index (χ3v) is 3.72. The third kappa shape index (κ3) is 1.39. The second-order valence-corrected chi connectivity index (χ2v) is 4.79. The molecule has 0 radical (unpaired) electrons. The van der Waals surface area contributed by atoms with Gasteiger partial charge >= 0.3 is 0 Å². The molecule has 0 aliphatic carbocycles. The minimum atomic E-state index is -0.661. The van der Waals surface area contributed by atoms with E-state index >= 15 is 0 Å². The fraction of sp³-hybridized carbons (Fsp3) is 0.375. The van der Waals surface area contributed by atoms with E-state index < -0.39 is 5.60 Å². The number of pyridine rings is 1. The van der Waals surface area contributed by atoms with Crippen LogP contribution in [0.1, 0.15) is 5.69 Å². The highest BCUT2D eigenvalue weighted by atomic mass is 79.9. The van der Waals surface area contributed by atoms with Gasteiger partial charge in [0.05, 0.1) is 5.69 Å². The Balaban J connectivity index is 2.28. The van der Waals surface area contributed by atoms with Crippen molar-refractivity contribution in [1.29, 1.82) is 0 Å². The Hall–Kier alpha value is -0.0600. The molecule has 0 atom stereocenters. The molecule has 1 saturated heterocycles. The van der Waals surface area contributed by atoms with Gasteiger partial charge in [-0.2, -0.15) is 11.8 Å². The Kier molecular flexibility index (Phi) is 2.14. The number of aliphatic hydroxyl groups is 1. The first-order valence-electron chi connectivity index (χ1n) is 3.63. The number of aromatic nitrogens is 1. The topological polar surface area (TPSA) is 33.1 Å². The van der Waals surface area contributed by atoms with Crippen molar-refractivity contribution in [2.24, 2.45) is 0 Å². The molecule has 0 aromatic carbocycles.